The van der Waals surface area contributed by atoms with Gasteiger partial charge in [-0.3, -0.25) is 14.1 Å². The Bertz CT molecular complexity index is 571. The molecular weight excluding hydrogens is 372 g/mol. The molecule has 27 heavy (non-hydrogen) atoms. The summed E-state index contributed by atoms with van der Waals surface area (Å²) in [6, 6.07) is 0. The molecule has 0 aliphatic carbocycles. The van der Waals surface area contributed by atoms with Crippen molar-refractivity contribution in [2.75, 3.05) is 0 Å². The molecule has 0 spiro atoms. The molecule has 3 N–H and O–H groups in total. The minimum Gasteiger partial charge on any atom is -0.481 e. The number of carboxylic acid groups (broad SMARTS) is 2. The van der Waals surface area contributed by atoms with Crippen LogP contribution in [0.1, 0.15) is 84.0 Å². The second-order valence-electron chi connectivity index (χ2n) is 7.02. The molecular formula is C19H34O7S. The summed E-state index contributed by atoms with van der Waals surface area (Å²) < 4.78 is 30.6. The number of carboxylic acids is 2. The maximum atomic E-state index is 11.9. The average molecular weight is 407 g/mol. The van der Waals surface area contributed by atoms with E-state index in [1.807, 2.05) is 0 Å². The molecule has 0 fully saturated rings. The van der Waals surface area contributed by atoms with E-state index >= 15 is 0 Å². The van der Waals surface area contributed by atoms with E-state index in [1.165, 1.54) is 25.7 Å². The van der Waals surface area contributed by atoms with Gasteiger partial charge in [-0.25, -0.2) is 0 Å². The van der Waals surface area contributed by atoms with Crippen LogP contribution in [0.25, 0.3) is 0 Å². The maximum absolute atomic E-state index is 11.9. The second kappa shape index (κ2) is 12.9. The summed E-state index contributed by atoms with van der Waals surface area (Å²) in [7, 11) is -5.13. The topological polar surface area (TPSA) is 129 Å². The van der Waals surface area contributed by atoms with Gasteiger partial charge in [0.25, 0.3) is 10.1 Å². The van der Waals surface area contributed by atoms with Gasteiger partial charge < -0.3 is 10.2 Å². The van der Waals surface area contributed by atoms with Crippen LogP contribution in [0, 0.1) is 5.92 Å². The van der Waals surface area contributed by atoms with Gasteiger partial charge in [-0.05, 0) is 12.8 Å². The SMILES string of the molecule is C=CCC(C(=O)O)C(CCCCCCCCCCCC)(C(=O)O)S(=O)(=O)O. The zero-order valence-electron chi connectivity index (χ0n) is 16.2. The van der Waals surface area contributed by atoms with Gasteiger partial charge in [0.2, 0.25) is 4.75 Å². The van der Waals surface area contributed by atoms with E-state index in [0.717, 1.165) is 31.8 Å². The van der Waals surface area contributed by atoms with E-state index in [2.05, 4.69) is 13.5 Å². The lowest BCUT2D eigenvalue weighted by atomic mass is 9.84. The number of unbranched alkanes of at least 4 members (excludes halogenated alkanes) is 9. The third kappa shape index (κ3) is 8.01. The van der Waals surface area contributed by atoms with Gasteiger partial charge in [0.15, 0.2) is 0 Å². The van der Waals surface area contributed by atoms with Crippen LogP contribution < -0.4 is 0 Å². The largest absolute Gasteiger partial charge is 0.481 e. The molecule has 0 aromatic rings. The summed E-state index contributed by atoms with van der Waals surface area (Å²) in [6.07, 6.45) is 9.99. The number of allylic oxidation sites excluding steroid dienone is 1. The van der Waals surface area contributed by atoms with Crippen LogP contribution in [-0.2, 0) is 19.7 Å². The minimum absolute atomic E-state index is 0.211. The zero-order chi connectivity index (χ0) is 20.9. The minimum atomic E-state index is -5.13. The summed E-state index contributed by atoms with van der Waals surface area (Å²) in [6.45, 7) is 5.52. The molecule has 8 heteroatoms. The van der Waals surface area contributed by atoms with Crippen molar-refractivity contribution in [2.24, 2.45) is 5.92 Å². The van der Waals surface area contributed by atoms with Gasteiger partial charge in [0, 0.05) is 0 Å². The highest BCUT2D eigenvalue weighted by Crippen LogP contribution is 2.36. The third-order valence-electron chi connectivity index (χ3n) is 4.99. The molecule has 0 aliphatic heterocycles. The molecule has 0 aromatic carbocycles. The van der Waals surface area contributed by atoms with E-state index in [9.17, 15) is 32.8 Å². The van der Waals surface area contributed by atoms with Crippen LogP contribution in [0.2, 0.25) is 0 Å². The Morgan fingerprint density at radius 2 is 1.41 bits per heavy atom. The van der Waals surface area contributed by atoms with Crippen molar-refractivity contribution < 1.29 is 32.8 Å². The van der Waals surface area contributed by atoms with E-state index in [0.29, 0.717) is 6.42 Å². The van der Waals surface area contributed by atoms with Crippen LogP contribution >= 0.6 is 0 Å². The first kappa shape index (κ1) is 25.6. The Labute approximate surface area is 162 Å². The molecule has 0 radical (unpaired) electrons. The molecule has 0 amide bonds. The molecule has 0 heterocycles. The predicted octanol–water partition coefficient (Wildman–Crippen LogP) is 4.29. The number of aliphatic carboxylic acids is 2. The molecule has 0 saturated carbocycles. The maximum Gasteiger partial charge on any atom is 0.328 e. The first-order valence-electron chi connectivity index (χ1n) is 9.69. The average Bonchev–Trinajstić information content (AvgIpc) is 2.56. The van der Waals surface area contributed by atoms with Crippen molar-refractivity contribution in [3.05, 3.63) is 12.7 Å². The molecule has 158 valence electrons. The lowest BCUT2D eigenvalue weighted by Gasteiger charge is -2.31. The summed E-state index contributed by atoms with van der Waals surface area (Å²) in [5, 5.41) is 18.8. The summed E-state index contributed by atoms with van der Waals surface area (Å²) in [4.78, 5) is 23.2. The monoisotopic (exact) mass is 406 g/mol. The van der Waals surface area contributed by atoms with Crippen molar-refractivity contribution in [3.63, 3.8) is 0 Å². The Kier molecular flexibility index (Phi) is 12.2. The normalized spacial score (nSPS) is 15.0. The van der Waals surface area contributed by atoms with Gasteiger partial charge in [0.1, 0.15) is 0 Å². The quantitative estimate of drug-likeness (QED) is 0.187. The Balaban J connectivity index is 4.79. The van der Waals surface area contributed by atoms with Crippen LogP contribution in [0.15, 0.2) is 12.7 Å². The van der Waals surface area contributed by atoms with E-state index in [1.54, 1.807) is 0 Å². The Hall–Kier alpha value is -1.41. The van der Waals surface area contributed by atoms with Gasteiger partial charge in [0.05, 0.1) is 5.92 Å². The smallest absolute Gasteiger partial charge is 0.328 e. The second-order valence-corrected chi connectivity index (χ2v) is 8.70. The lowest BCUT2D eigenvalue weighted by molar-refractivity contribution is -0.152. The first-order chi connectivity index (χ1) is 12.6. The molecule has 0 bridgehead atoms. The molecule has 2 atom stereocenters. The molecule has 0 rings (SSSR count). The van der Waals surface area contributed by atoms with E-state index < -0.39 is 39.1 Å². The van der Waals surface area contributed by atoms with Crippen molar-refractivity contribution in [2.45, 2.75) is 88.7 Å². The van der Waals surface area contributed by atoms with Crippen LogP contribution in [0.5, 0.6) is 0 Å². The molecule has 2 unspecified atom stereocenters. The molecule has 0 aliphatic rings. The fourth-order valence-corrected chi connectivity index (χ4v) is 4.56. The predicted molar refractivity (Wildman–Crippen MR) is 104 cm³/mol. The Morgan fingerprint density at radius 3 is 1.74 bits per heavy atom. The standard InChI is InChI=1S/C19H34O7S/c1-3-5-6-7-8-9-10-11-12-13-15-19(18(22)23,27(24,25)26)16(14-4-2)17(20)21/h4,16H,2-3,5-15H2,1H3,(H,20,21)(H,22,23)(H,24,25,26). The number of hydrogen-bond donors (Lipinski definition) is 3. The highest BCUT2D eigenvalue weighted by atomic mass is 32.2. The third-order valence-corrected chi connectivity index (χ3v) is 6.57. The van der Waals surface area contributed by atoms with Crippen molar-refractivity contribution in [1.29, 1.82) is 0 Å². The van der Waals surface area contributed by atoms with Crippen molar-refractivity contribution in [1.82, 2.24) is 0 Å². The fraction of sp³-hybridized carbons (Fsp3) is 0.789. The van der Waals surface area contributed by atoms with Crippen LogP contribution in [-0.4, -0.2) is 39.9 Å². The highest BCUT2D eigenvalue weighted by molar-refractivity contribution is 7.88. The van der Waals surface area contributed by atoms with Gasteiger partial charge in [-0.2, -0.15) is 8.42 Å². The number of rotatable bonds is 17. The highest BCUT2D eigenvalue weighted by Gasteiger charge is 2.58. The molecule has 7 nitrogen and oxygen atoms in total. The Morgan fingerprint density at radius 1 is 0.963 bits per heavy atom. The van der Waals surface area contributed by atoms with Crippen molar-refractivity contribution in [3.8, 4) is 0 Å². The summed E-state index contributed by atoms with van der Waals surface area (Å²) >= 11 is 0. The van der Waals surface area contributed by atoms with Gasteiger partial charge >= 0.3 is 11.9 Å². The van der Waals surface area contributed by atoms with Gasteiger partial charge in [-0.15, -0.1) is 6.58 Å². The molecule has 0 saturated heterocycles. The van der Waals surface area contributed by atoms with Crippen LogP contribution in [0.3, 0.4) is 0 Å². The number of hydrogen-bond acceptors (Lipinski definition) is 4. The lowest BCUT2D eigenvalue weighted by Crippen LogP contribution is -2.54. The van der Waals surface area contributed by atoms with Crippen LogP contribution in [0.4, 0.5) is 0 Å². The molecule has 0 aromatic heterocycles. The summed E-state index contributed by atoms with van der Waals surface area (Å²) in [5.41, 5.74) is 0. The fourth-order valence-electron chi connectivity index (χ4n) is 3.38. The number of carbonyl (C=O) groups is 2. The summed E-state index contributed by atoms with van der Waals surface area (Å²) in [5.74, 6) is -5.21. The zero-order valence-corrected chi connectivity index (χ0v) is 17.0. The first-order valence-corrected chi connectivity index (χ1v) is 11.1. The van der Waals surface area contributed by atoms with Crippen molar-refractivity contribution >= 4 is 22.1 Å². The van der Waals surface area contributed by atoms with E-state index in [-0.39, 0.29) is 12.8 Å². The van der Waals surface area contributed by atoms with Gasteiger partial charge in [-0.1, -0.05) is 77.2 Å². The van der Waals surface area contributed by atoms with E-state index in [4.69, 9.17) is 0 Å².